The molecule has 0 spiro atoms. The molecule has 0 fully saturated rings. The minimum Gasteiger partial charge on any atom is -0.385 e. The van der Waals surface area contributed by atoms with Gasteiger partial charge in [-0.25, -0.2) is 8.78 Å². The molecule has 0 heterocycles. The summed E-state index contributed by atoms with van der Waals surface area (Å²) in [4.78, 5) is 0. The van der Waals surface area contributed by atoms with Gasteiger partial charge in [-0.15, -0.1) is 0 Å². The number of methoxy groups -OCH3 is 1. The molecule has 0 bridgehead atoms. The Kier molecular flexibility index (Phi) is 8.59. The molecule has 1 nitrogen and oxygen atoms in total. The Bertz CT molecular complexity index is 1340. The quantitative estimate of drug-likeness (QED) is 0.153. The van der Waals surface area contributed by atoms with Crippen LogP contribution in [0.2, 0.25) is 0 Å². The van der Waals surface area contributed by atoms with Gasteiger partial charge in [0.1, 0.15) is 11.6 Å². The maximum atomic E-state index is 15.2. The highest BCUT2D eigenvalue weighted by molar-refractivity contribution is 5.84. The van der Waals surface area contributed by atoms with Crippen molar-refractivity contribution in [3.63, 3.8) is 0 Å². The van der Waals surface area contributed by atoms with Crippen LogP contribution in [0.1, 0.15) is 39.8 Å². The summed E-state index contributed by atoms with van der Waals surface area (Å²) in [5.74, 6) is -1.66. The number of fused-ring (bicyclic) bond motifs is 1. The predicted octanol–water partition coefficient (Wildman–Crippen LogP) is 8.29. The summed E-state index contributed by atoms with van der Waals surface area (Å²) in [7, 11) is 1.71. The van der Waals surface area contributed by atoms with Crippen LogP contribution in [0.3, 0.4) is 0 Å². The molecule has 6 heteroatoms. The third-order valence-corrected chi connectivity index (χ3v) is 6.66. The molecule has 0 aliphatic heterocycles. The molecule has 4 rings (SSSR count). The maximum Gasteiger partial charge on any atom is 0.419 e. The van der Waals surface area contributed by atoms with E-state index in [0.29, 0.717) is 16.5 Å². The number of ether oxygens (including phenoxy) is 1. The lowest BCUT2D eigenvalue weighted by Gasteiger charge is -2.11. The SMILES string of the molecule is COCCCc1ccc(CCc2ccc3c(F)c(CCc4ccc(C(F)(F)F)c(F)c4)ccc3c2)cc1. The van der Waals surface area contributed by atoms with Crippen molar-refractivity contribution in [3.8, 4) is 0 Å². The van der Waals surface area contributed by atoms with Crippen LogP contribution in [0.4, 0.5) is 22.0 Å². The van der Waals surface area contributed by atoms with Crippen molar-refractivity contribution in [3.05, 3.63) is 118 Å². The van der Waals surface area contributed by atoms with Crippen LogP contribution >= 0.6 is 0 Å². The van der Waals surface area contributed by atoms with Gasteiger partial charge in [0, 0.05) is 19.1 Å². The van der Waals surface area contributed by atoms with Gasteiger partial charge in [0.2, 0.25) is 0 Å². The molecular weight excluding hydrogens is 483 g/mol. The lowest BCUT2D eigenvalue weighted by atomic mass is 9.97. The van der Waals surface area contributed by atoms with Crippen LogP contribution in [0.5, 0.6) is 0 Å². The third kappa shape index (κ3) is 6.95. The number of aryl methyl sites for hydroxylation is 5. The van der Waals surface area contributed by atoms with Crippen LogP contribution in [0, 0.1) is 11.6 Å². The molecule has 0 unspecified atom stereocenters. The van der Waals surface area contributed by atoms with Gasteiger partial charge in [0.25, 0.3) is 0 Å². The molecule has 0 aromatic heterocycles. The second-order valence-corrected chi connectivity index (χ2v) is 9.32. The smallest absolute Gasteiger partial charge is 0.385 e. The van der Waals surface area contributed by atoms with Gasteiger partial charge >= 0.3 is 6.18 Å². The van der Waals surface area contributed by atoms with E-state index in [4.69, 9.17) is 4.74 Å². The number of hydrogen-bond acceptors (Lipinski definition) is 1. The van der Waals surface area contributed by atoms with Gasteiger partial charge < -0.3 is 4.74 Å². The minimum absolute atomic E-state index is 0.237. The van der Waals surface area contributed by atoms with E-state index < -0.39 is 17.6 Å². The predicted molar refractivity (Wildman–Crippen MR) is 137 cm³/mol. The Balaban J connectivity index is 1.38. The van der Waals surface area contributed by atoms with Gasteiger partial charge in [-0.05, 0) is 83.9 Å². The van der Waals surface area contributed by atoms with E-state index in [0.717, 1.165) is 55.4 Å². The molecule has 4 aromatic carbocycles. The molecule has 0 saturated carbocycles. The zero-order valence-electron chi connectivity index (χ0n) is 20.7. The fourth-order valence-electron chi connectivity index (χ4n) is 4.54. The lowest BCUT2D eigenvalue weighted by Crippen LogP contribution is -2.08. The van der Waals surface area contributed by atoms with Crippen molar-refractivity contribution in [1.82, 2.24) is 0 Å². The maximum absolute atomic E-state index is 15.2. The number of benzene rings is 4. The van der Waals surface area contributed by atoms with E-state index in [-0.39, 0.29) is 18.7 Å². The first-order valence-electron chi connectivity index (χ1n) is 12.4. The van der Waals surface area contributed by atoms with Crippen LogP contribution in [0.15, 0.2) is 72.8 Å². The highest BCUT2D eigenvalue weighted by atomic mass is 19.4. The van der Waals surface area contributed by atoms with Gasteiger partial charge in [0.05, 0.1) is 5.56 Å². The standard InChI is InChI=1S/C31H29F5O/c1-37-18-2-3-21-4-6-22(7-5-21)8-9-23-11-16-27-26(19-23)15-14-25(30(27)33)13-10-24-12-17-28(29(32)20-24)31(34,35)36/h4-7,11-12,14-17,19-20H,2-3,8-10,13,18H2,1H3. The topological polar surface area (TPSA) is 9.23 Å². The van der Waals surface area contributed by atoms with Gasteiger partial charge in [0.15, 0.2) is 0 Å². The third-order valence-electron chi connectivity index (χ3n) is 6.66. The average Bonchev–Trinajstić information content (AvgIpc) is 2.87. The van der Waals surface area contributed by atoms with Crippen molar-refractivity contribution in [2.45, 2.75) is 44.7 Å². The summed E-state index contributed by atoms with van der Waals surface area (Å²) in [6.45, 7) is 0.755. The molecule has 194 valence electrons. The second-order valence-electron chi connectivity index (χ2n) is 9.32. The summed E-state index contributed by atoms with van der Waals surface area (Å²) >= 11 is 0. The normalized spacial score (nSPS) is 11.8. The lowest BCUT2D eigenvalue weighted by molar-refractivity contribution is -0.140. The molecule has 0 amide bonds. The largest absolute Gasteiger partial charge is 0.419 e. The Labute approximate surface area is 213 Å². The van der Waals surface area contributed by atoms with Crippen LogP contribution in [-0.2, 0) is 43.0 Å². The first-order chi connectivity index (χ1) is 17.7. The average molecular weight is 513 g/mol. The summed E-state index contributed by atoms with van der Waals surface area (Å²) in [5.41, 5.74) is 3.20. The van der Waals surface area contributed by atoms with Crippen molar-refractivity contribution >= 4 is 10.8 Å². The number of alkyl halides is 3. The minimum atomic E-state index is -4.74. The molecular formula is C31H29F5O. The fraction of sp³-hybridized carbons (Fsp3) is 0.290. The van der Waals surface area contributed by atoms with Crippen molar-refractivity contribution in [2.75, 3.05) is 13.7 Å². The molecule has 0 atom stereocenters. The number of halogens is 5. The Hall–Kier alpha value is -3.25. The van der Waals surface area contributed by atoms with Crippen LogP contribution in [0.25, 0.3) is 10.8 Å². The summed E-state index contributed by atoms with van der Waals surface area (Å²) in [5, 5.41) is 1.30. The Morgan fingerprint density at radius 3 is 1.92 bits per heavy atom. The van der Waals surface area contributed by atoms with Crippen molar-refractivity contribution in [2.24, 2.45) is 0 Å². The monoisotopic (exact) mass is 512 g/mol. The summed E-state index contributed by atoms with van der Waals surface area (Å²) in [6.07, 6.45) is -0.528. The first kappa shape index (κ1) is 26.8. The van der Waals surface area contributed by atoms with E-state index in [1.807, 2.05) is 18.2 Å². The summed E-state index contributed by atoms with van der Waals surface area (Å²) < 4.78 is 72.4. The Morgan fingerprint density at radius 2 is 1.24 bits per heavy atom. The Morgan fingerprint density at radius 1 is 0.649 bits per heavy atom. The van der Waals surface area contributed by atoms with Crippen LogP contribution in [-0.4, -0.2) is 13.7 Å². The van der Waals surface area contributed by atoms with Gasteiger partial charge in [-0.3, -0.25) is 0 Å². The van der Waals surface area contributed by atoms with Crippen molar-refractivity contribution in [1.29, 1.82) is 0 Å². The molecule has 4 aromatic rings. The van der Waals surface area contributed by atoms with E-state index in [1.54, 1.807) is 19.2 Å². The highest BCUT2D eigenvalue weighted by Crippen LogP contribution is 2.32. The van der Waals surface area contributed by atoms with E-state index in [1.165, 1.54) is 17.2 Å². The molecule has 0 aliphatic rings. The van der Waals surface area contributed by atoms with E-state index >= 15 is 4.39 Å². The molecule has 0 radical (unpaired) electrons. The van der Waals surface area contributed by atoms with Gasteiger partial charge in [-0.2, -0.15) is 13.2 Å². The fourth-order valence-corrected chi connectivity index (χ4v) is 4.54. The summed E-state index contributed by atoms with van der Waals surface area (Å²) in [6, 6.07) is 20.7. The van der Waals surface area contributed by atoms with Crippen LogP contribution < -0.4 is 0 Å². The van der Waals surface area contributed by atoms with Gasteiger partial charge in [-0.1, -0.05) is 60.7 Å². The molecule has 37 heavy (non-hydrogen) atoms. The van der Waals surface area contributed by atoms with E-state index in [9.17, 15) is 17.6 Å². The highest BCUT2D eigenvalue weighted by Gasteiger charge is 2.33. The molecule has 0 aliphatic carbocycles. The zero-order valence-corrected chi connectivity index (χ0v) is 20.7. The molecule has 0 saturated heterocycles. The van der Waals surface area contributed by atoms with E-state index in [2.05, 4.69) is 24.3 Å². The number of rotatable bonds is 10. The second kappa shape index (κ2) is 11.9. The first-order valence-corrected chi connectivity index (χ1v) is 12.4. The zero-order chi connectivity index (χ0) is 26.4. The molecule has 0 N–H and O–H groups in total. The van der Waals surface area contributed by atoms with Crippen molar-refractivity contribution < 1.29 is 26.7 Å². The number of hydrogen-bond donors (Lipinski definition) is 0.